The molecule has 0 spiro atoms. The molecule has 0 saturated carbocycles. The summed E-state index contributed by atoms with van der Waals surface area (Å²) in [4.78, 5) is 9.69. The standard InChI is InChI=1S/C3H7N3O2.Hg/c4-3(5)6-1-2(7)8;/h1H2,(H,7,8)(H4,4,5,6);. The van der Waals surface area contributed by atoms with E-state index in [9.17, 15) is 4.79 Å². The summed E-state index contributed by atoms with van der Waals surface area (Å²) in [5.74, 6) is -1.35. The number of aliphatic carboxylic acids is 1. The van der Waals surface area contributed by atoms with Crippen LogP contribution in [0.5, 0.6) is 0 Å². The van der Waals surface area contributed by atoms with Crippen molar-refractivity contribution in [3.05, 3.63) is 0 Å². The van der Waals surface area contributed by atoms with Crippen LogP contribution in [0.2, 0.25) is 0 Å². The van der Waals surface area contributed by atoms with Crippen molar-refractivity contribution >= 4 is 11.9 Å². The number of nitrogens with two attached hydrogens (primary N) is 1. The Labute approximate surface area is 72.6 Å². The van der Waals surface area contributed by atoms with E-state index in [1.54, 1.807) is 0 Å². The molecule has 0 amide bonds. The second kappa shape index (κ2) is 5.81. The first-order valence-electron chi connectivity index (χ1n) is 1.92. The molecule has 0 saturated heterocycles. The predicted molar refractivity (Wildman–Crippen MR) is 27.6 cm³/mol. The summed E-state index contributed by atoms with van der Waals surface area (Å²) in [6.45, 7) is -0.296. The van der Waals surface area contributed by atoms with E-state index in [2.05, 4.69) is 5.32 Å². The Morgan fingerprint density at radius 1 is 1.78 bits per heavy atom. The molecular formula is C3H7HgN3O2. The van der Waals surface area contributed by atoms with Gasteiger partial charge in [0.05, 0.1) is 0 Å². The molecule has 9 heavy (non-hydrogen) atoms. The molecular weight excluding hydrogens is 311 g/mol. The van der Waals surface area contributed by atoms with Gasteiger partial charge in [-0.2, -0.15) is 0 Å². The third kappa shape index (κ3) is 11.3. The molecule has 5 N–H and O–H groups in total. The maximum absolute atomic E-state index is 9.69. The summed E-state index contributed by atoms with van der Waals surface area (Å²) < 4.78 is 0. The molecule has 5 nitrogen and oxygen atoms in total. The Morgan fingerprint density at radius 3 is 2.33 bits per heavy atom. The van der Waals surface area contributed by atoms with Gasteiger partial charge in [0.2, 0.25) is 0 Å². The van der Waals surface area contributed by atoms with Crippen LogP contribution in [0.25, 0.3) is 0 Å². The topological polar surface area (TPSA) is 99.2 Å². The SMILES string of the molecule is N=C(N)NCC(=O)O.[Hg]. The Balaban J connectivity index is 0. The van der Waals surface area contributed by atoms with Crippen molar-refractivity contribution in [2.75, 3.05) is 6.54 Å². The molecule has 0 bridgehead atoms. The first-order valence-corrected chi connectivity index (χ1v) is 1.92. The summed E-state index contributed by atoms with van der Waals surface area (Å²) in [6.07, 6.45) is 0. The van der Waals surface area contributed by atoms with E-state index in [4.69, 9.17) is 16.2 Å². The summed E-state index contributed by atoms with van der Waals surface area (Å²) in [7, 11) is 0. The fraction of sp³-hybridized carbons (Fsp3) is 0.333. The second-order valence-electron chi connectivity index (χ2n) is 1.16. The number of carboxylic acid groups (broad SMARTS) is 1. The number of hydrogen-bond donors (Lipinski definition) is 4. The van der Waals surface area contributed by atoms with Gasteiger partial charge >= 0.3 is 5.97 Å². The fourth-order valence-electron chi connectivity index (χ4n) is 0.171. The molecule has 0 aliphatic carbocycles. The molecule has 0 heterocycles. The van der Waals surface area contributed by atoms with Crippen molar-refractivity contribution in [1.82, 2.24) is 5.32 Å². The number of guanidine groups is 1. The van der Waals surface area contributed by atoms with Crippen molar-refractivity contribution < 1.29 is 37.6 Å². The molecule has 0 radical (unpaired) electrons. The minimum absolute atomic E-state index is 0. The van der Waals surface area contributed by atoms with Crippen molar-refractivity contribution in [3.8, 4) is 0 Å². The number of hydrogen-bond acceptors (Lipinski definition) is 2. The minimum atomic E-state index is -1.03. The largest absolute Gasteiger partial charge is 0.480 e. The summed E-state index contributed by atoms with van der Waals surface area (Å²) >= 11 is 0. The van der Waals surface area contributed by atoms with Crippen LogP contribution in [0.4, 0.5) is 0 Å². The zero-order chi connectivity index (χ0) is 6.57. The maximum Gasteiger partial charge on any atom is 0.322 e. The number of nitrogens with one attached hydrogen (secondary N) is 2. The molecule has 0 aliphatic rings. The number of rotatable bonds is 2. The minimum Gasteiger partial charge on any atom is -0.480 e. The Morgan fingerprint density at radius 2 is 2.22 bits per heavy atom. The predicted octanol–water partition coefficient (Wildman–Crippen LogP) is -1.45. The monoisotopic (exact) mass is 319 g/mol. The first-order chi connectivity index (χ1) is 3.63. The molecule has 0 rings (SSSR count). The Hall–Kier alpha value is -0.325. The molecule has 0 unspecified atom stereocenters. The van der Waals surface area contributed by atoms with Gasteiger partial charge in [-0.25, -0.2) is 0 Å². The van der Waals surface area contributed by atoms with E-state index in [0.29, 0.717) is 0 Å². The van der Waals surface area contributed by atoms with Crippen molar-refractivity contribution in [2.45, 2.75) is 0 Å². The smallest absolute Gasteiger partial charge is 0.322 e. The molecule has 0 atom stereocenters. The van der Waals surface area contributed by atoms with Crippen molar-refractivity contribution in [1.29, 1.82) is 5.41 Å². The molecule has 0 aromatic heterocycles. The van der Waals surface area contributed by atoms with Gasteiger partial charge in [0.15, 0.2) is 5.96 Å². The third-order valence-corrected chi connectivity index (χ3v) is 0.430. The zero-order valence-corrected chi connectivity index (χ0v) is 10.3. The normalized spacial score (nSPS) is 7.11. The van der Waals surface area contributed by atoms with E-state index in [0.717, 1.165) is 0 Å². The number of carbonyl (C=O) groups is 1. The average Bonchev–Trinajstić information content (AvgIpc) is 1.61. The molecule has 0 aromatic carbocycles. The first kappa shape index (κ1) is 11.5. The quantitative estimate of drug-likeness (QED) is 0.284. The van der Waals surface area contributed by atoms with Crippen LogP contribution in [-0.4, -0.2) is 23.6 Å². The fourth-order valence-corrected chi connectivity index (χ4v) is 0.171. The van der Waals surface area contributed by atoms with Crippen molar-refractivity contribution in [2.24, 2.45) is 5.73 Å². The van der Waals surface area contributed by atoms with E-state index in [1.807, 2.05) is 0 Å². The van der Waals surface area contributed by atoms with Gasteiger partial charge in [-0.3, -0.25) is 10.2 Å². The second-order valence-corrected chi connectivity index (χ2v) is 1.16. The van der Waals surface area contributed by atoms with Gasteiger partial charge in [0, 0.05) is 27.7 Å². The summed E-state index contributed by atoms with van der Waals surface area (Å²) in [5, 5.41) is 16.5. The van der Waals surface area contributed by atoms with Gasteiger partial charge in [-0.15, -0.1) is 0 Å². The van der Waals surface area contributed by atoms with Crippen LogP contribution in [0.3, 0.4) is 0 Å². The molecule has 0 aromatic rings. The maximum atomic E-state index is 9.69. The molecule has 48 valence electrons. The van der Waals surface area contributed by atoms with Crippen LogP contribution < -0.4 is 11.1 Å². The van der Waals surface area contributed by atoms with E-state index in [1.165, 1.54) is 0 Å². The van der Waals surface area contributed by atoms with E-state index < -0.39 is 5.97 Å². The van der Waals surface area contributed by atoms with Gasteiger partial charge in [0.1, 0.15) is 6.54 Å². The zero-order valence-electron chi connectivity index (χ0n) is 4.85. The van der Waals surface area contributed by atoms with Crippen LogP contribution in [-0.2, 0) is 32.5 Å². The van der Waals surface area contributed by atoms with Gasteiger partial charge in [-0.1, -0.05) is 0 Å². The van der Waals surface area contributed by atoms with E-state index in [-0.39, 0.29) is 40.2 Å². The third-order valence-electron chi connectivity index (χ3n) is 0.430. The molecule has 0 aliphatic heterocycles. The van der Waals surface area contributed by atoms with E-state index >= 15 is 0 Å². The van der Waals surface area contributed by atoms with Crippen LogP contribution in [0, 0.1) is 5.41 Å². The van der Waals surface area contributed by atoms with Crippen LogP contribution in [0.15, 0.2) is 0 Å². The molecule has 0 fully saturated rings. The average molecular weight is 318 g/mol. The number of carboxylic acids is 1. The summed E-state index contributed by atoms with van der Waals surface area (Å²) in [5.41, 5.74) is 4.75. The molecule has 6 heteroatoms. The Bertz CT molecular complexity index is 102. The van der Waals surface area contributed by atoms with Crippen LogP contribution in [0.1, 0.15) is 0 Å². The van der Waals surface area contributed by atoms with Crippen molar-refractivity contribution in [3.63, 3.8) is 0 Å². The van der Waals surface area contributed by atoms with Gasteiger partial charge in [-0.05, 0) is 0 Å². The van der Waals surface area contributed by atoms with Crippen LogP contribution >= 0.6 is 0 Å². The van der Waals surface area contributed by atoms with Gasteiger partial charge < -0.3 is 16.2 Å². The Kier molecular flexibility index (Phi) is 7.40. The van der Waals surface area contributed by atoms with Gasteiger partial charge in [0.25, 0.3) is 0 Å². The summed E-state index contributed by atoms with van der Waals surface area (Å²) in [6, 6.07) is 0.